The highest BCUT2D eigenvalue weighted by molar-refractivity contribution is 6.04. The molecule has 0 aromatic heterocycles. The van der Waals surface area contributed by atoms with Crippen LogP contribution in [0.25, 0.3) is 10.8 Å². The molecule has 30 heavy (non-hydrogen) atoms. The van der Waals surface area contributed by atoms with Gasteiger partial charge in [0, 0.05) is 17.5 Å². The number of primary amides is 1. The number of nitrogens with two attached hydrogens (primary N) is 1. The third-order valence-electron chi connectivity index (χ3n) is 5.22. The fourth-order valence-electron chi connectivity index (χ4n) is 3.75. The second kappa shape index (κ2) is 8.24. The molecule has 1 aliphatic carbocycles. The lowest BCUT2D eigenvalue weighted by atomic mass is 10.0. The number of anilines is 1. The fraction of sp³-hybridized carbons (Fsp3) is 0.174. The molecule has 0 spiro atoms. The second-order valence-electron chi connectivity index (χ2n) is 7.27. The molecule has 0 aliphatic heterocycles. The Bertz CT molecular complexity index is 1130. The zero-order valence-corrected chi connectivity index (χ0v) is 16.3. The van der Waals surface area contributed by atoms with E-state index < -0.39 is 5.91 Å². The predicted octanol–water partition coefficient (Wildman–Crippen LogP) is 2.48. The summed E-state index contributed by atoms with van der Waals surface area (Å²) in [6, 6.07) is 16.7. The van der Waals surface area contributed by atoms with Crippen LogP contribution < -0.4 is 21.7 Å². The van der Waals surface area contributed by atoms with Gasteiger partial charge in [0.25, 0.3) is 5.91 Å². The highest BCUT2D eigenvalue weighted by Gasteiger charge is 2.16. The summed E-state index contributed by atoms with van der Waals surface area (Å²) in [5, 5.41) is 10.5. The van der Waals surface area contributed by atoms with Gasteiger partial charge < -0.3 is 21.7 Å². The molecule has 3 aromatic rings. The Balaban J connectivity index is 1.36. The van der Waals surface area contributed by atoms with Crippen molar-refractivity contribution >= 4 is 34.3 Å². The van der Waals surface area contributed by atoms with Crippen LogP contribution in [0.1, 0.15) is 27.0 Å². The van der Waals surface area contributed by atoms with Crippen LogP contribution in [-0.2, 0) is 24.2 Å². The van der Waals surface area contributed by atoms with E-state index in [1.807, 2.05) is 18.2 Å². The molecule has 5 N–H and O–H groups in total. The van der Waals surface area contributed by atoms with Crippen molar-refractivity contribution in [3.8, 4) is 0 Å². The van der Waals surface area contributed by atoms with E-state index in [1.165, 1.54) is 16.5 Å². The molecule has 3 aromatic carbocycles. The van der Waals surface area contributed by atoms with Gasteiger partial charge in [0.05, 0.1) is 12.2 Å². The van der Waals surface area contributed by atoms with E-state index in [0.717, 1.165) is 29.5 Å². The molecule has 0 heterocycles. The lowest BCUT2D eigenvalue weighted by Crippen LogP contribution is -2.33. The molecule has 4 rings (SSSR count). The Morgan fingerprint density at radius 2 is 1.60 bits per heavy atom. The Labute approximate surface area is 173 Å². The molecule has 0 atom stereocenters. The van der Waals surface area contributed by atoms with Crippen molar-refractivity contribution in [3.05, 3.63) is 76.9 Å². The van der Waals surface area contributed by atoms with E-state index in [1.54, 1.807) is 24.3 Å². The quantitative estimate of drug-likeness (QED) is 0.508. The molecule has 1 aliphatic rings. The average Bonchev–Trinajstić information content (AvgIpc) is 3.17. The summed E-state index contributed by atoms with van der Waals surface area (Å²) in [4.78, 5) is 35.0. The Morgan fingerprint density at radius 3 is 2.33 bits per heavy atom. The first-order chi connectivity index (χ1) is 14.5. The maximum absolute atomic E-state index is 12.4. The van der Waals surface area contributed by atoms with E-state index in [-0.39, 0.29) is 18.5 Å². The van der Waals surface area contributed by atoms with Crippen LogP contribution in [0.3, 0.4) is 0 Å². The van der Waals surface area contributed by atoms with Crippen LogP contribution in [0.2, 0.25) is 0 Å². The number of urea groups is 1. The standard InChI is InChI=1S/C23H22N4O3/c24-20(28)13-25-22(29)17-6-4-14(5-7-17)12-26-23(30)27-19-11-10-16-9-8-15-2-1-3-18(19)21(15)16/h1-7,10-11H,8-9,12-13H2,(H2,24,28)(H,25,29)(H2,26,27,30). The van der Waals surface area contributed by atoms with Gasteiger partial charge in [0.1, 0.15) is 0 Å². The summed E-state index contributed by atoms with van der Waals surface area (Å²) in [5.41, 5.74) is 9.71. The van der Waals surface area contributed by atoms with Crippen molar-refractivity contribution in [2.24, 2.45) is 5.73 Å². The van der Waals surface area contributed by atoms with Crippen LogP contribution in [0.4, 0.5) is 10.5 Å². The van der Waals surface area contributed by atoms with E-state index in [2.05, 4.69) is 28.1 Å². The largest absolute Gasteiger partial charge is 0.368 e. The summed E-state index contributed by atoms with van der Waals surface area (Å²) in [7, 11) is 0. The Kier molecular flexibility index (Phi) is 5.34. The molecule has 7 heteroatoms. The van der Waals surface area contributed by atoms with Gasteiger partial charge in [-0.2, -0.15) is 0 Å². The number of carbonyl (C=O) groups is 3. The van der Waals surface area contributed by atoms with Crippen LogP contribution >= 0.6 is 0 Å². The monoisotopic (exact) mass is 402 g/mol. The molecule has 0 unspecified atom stereocenters. The van der Waals surface area contributed by atoms with Gasteiger partial charge in [0.2, 0.25) is 5.91 Å². The molecule has 0 bridgehead atoms. The van der Waals surface area contributed by atoms with Gasteiger partial charge in [-0.15, -0.1) is 0 Å². The molecular weight excluding hydrogens is 380 g/mol. The first-order valence-corrected chi connectivity index (χ1v) is 9.75. The van der Waals surface area contributed by atoms with Gasteiger partial charge in [-0.25, -0.2) is 4.79 Å². The van der Waals surface area contributed by atoms with Crippen molar-refractivity contribution in [2.75, 3.05) is 11.9 Å². The van der Waals surface area contributed by atoms with Crippen molar-refractivity contribution < 1.29 is 14.4 Å². The first kappa shape index (κ1) is 19.4. The minimum absolute atomic E-state index is 0.209. The maximum atomic E-state index is 12.4. The summed E-state index contributed by atoms with van der Waals surface area (Å²) in [6.45, 7) is 0.107. The number of amides is 4. The Hall–Kier alpha value is -3.87. The number of carbonyl (C=O) groups excluding carboxylic acids is 3. The molecule has 0 radical (unpaired) electrons. The lowest BCUT2D eigenvalue weighted by molar-refractivity contribution is -0.117. The number of hydrogen-bond donors (Lipinski definition) is 4. The molecule has 0 fully saturated rings. The minimum Gasteiger partial charge on any atom is -0.368 e. The fourth-order valence-corrected chi connectivity index (χ4v) is 3.75. The molecule has 0 saturated heterocycles. The van der Waals surface area contributed by atoms with Crippen LogP contribution in [0.5, 0.6) is 0 Å². The Morgan fingerprint density at radius 1 is 0.867 bits per heavy atom. The lowest BCUT2D eigenvalue weighted by Gasteiger charge is -2.12. The van der Waals surface area contributed by atoms with Gasteiger partial charge in [-0.3, -0.25) is 9.59 Å². The summed E-state index contributed by atoms with van der Waals surface area (Å²) < 4.78 is 0. The number of nitrogens with one attached hydrogen (secondary N) is 3. The zero-order valence-electron chi connectivity index (χ0n) is 16.3. The summed E-state index contributed by atoms with van der Waals surface area (Å²) in [6.07, 6.45) is 2.08. The number of benzene rings is 3. The highest BCUT2D eigenvalue weighted by Crippen LogP contribution is 2.34. The van der Waals surface area contributed by atoms with Gasteiger partial charge in [0.15, 0.2) is 0 Å². The number of rotatable bonds is 6. The van der Waals surface area contributed by atoms with E-state index >= 15 is 0 Å². The topological polar surface area (TPSA) is 113 Å². The van der Waals surface area contributed by atoms with E-state index in [0.29, 0.717) is 12.1 Å². The molecule has 4 amide bonds. The van der Waals surface area contributed by atoms with E-state index in [4.69, 9.17) is 5.73 Å². The third-order valence-corrected chi connectivity index (χ3v) is 5.22. The molecule has 7 nitrogen and oxygen atoms in total. The number of hydrogen-bond acceptors (Lipinski definition) is 3. The van der Waals surface area contributed by atoms with E-state index in [9.17, 15) is 14.4 Å². The smallest absolute Gasteiger partial charge is 0.319 e. The molecule has 0 saturated carbocycles. The predicted molar refractivity (Wildman–Crippen MR) is 115 cm³/mol. The van der Waals surface area contributed by atoms with Crippen LogP contribution in [0.15, 0.2) is 54.6 Å². The summed E-state index contributed by atoms with van der Waals surface area (Å²) >= 11 is 0. The highest BCUT2D eigenvalue weighted by atomic mass is 16.2. The molecular formula is C23H22N4O3. The van der Waals surface area contributed by atoms with Gasteiger partial charge in [-0.1, -0.05) is 36.4 Å². The van der Waals surface area contributed by atoms with Crippen molar-refractivity contribution in [3.63, 3.8) is 0 Å². The van der Waals surface area contributed by atoms with Crippen molar-refractivity contribution in [1.29, 1.82) is 0 Å². The summed E-state index contributed by atoms with van der Waals surface area (Å²) in [5.74, 6) is -0.978. The first-order valence-electron chi connectivity index (χ1n) is 9.75. The van der Waals surface area contributed by atoms with Gasteiger partial charge in [-0.05, 0) is 53.1 Å². The van der Waals surface area contributed by atoms with Crippen LogP contribution in [0, 0.1) is 0 Å². The normalized spacial score (nSPS) is 11.9. The maximum Gasteiger partial charge on any atom is 0.319 e. The number of aryl methyl sites for hydroxylation is 2. The third kappa shape index (κ3) is 4.10. The average molecular weight is 402 g/mol. The zero-order chi connectivity index (χ0) is 21.1. The van der Waals surface area contributed by atoms with Crippen molar-refractivity contribution in [2.45, 2.75) is 19.4 Å². The minimum atomic E-state index is -0.601. The van der Waals surface area contributed by atoms with Crippen LogP contribution in [-0.4, -0.2) is 24.4 Å². The van der Waals surface area contributed by atoms with Crippen molar-refractivity contribution in [1.82, 2.24) is 10.6 Å². The SMILES string of the molecule is NC(=O)CNC(=O)c1ccc(CNC(=O)Nc2ccc3c4c(cccc24)CC3)cc1. The van der Waals surface area contributed by atoms with Gasteiger partial charge >= 0.3 is 6.03 Å². The second-order valence-corrected chi connectivity index (χ2v) is 7.27. The molecule has 152 valence electrons.